The Labute approximate surface area is 319 Å². The van der Waals surface area contributed by atoms with E-state index in [2.05, 4.69) is 20.9 Å². The molecule has 3 aliphatic heterocycles. The molecule has 4 aliphatic rings. The lowest BCUT2D eigenvalue weighted by Gasteiger charge is -2.37. The summed E-state index contributed by atoms with van der Waals surface area (Å²) >= 11 is 1.60. The fraction of sp³-hybridized carbons (Fsp3) is 0.632. The fourth-order valence-electron chi connectivity index (χ4n) is 8.40. The van der Waals surface area contributed by atoms with Crippen molar-refractivity contribution in [2.75, 3.05) is 31.1 Å². The van der Waals surface area contributed by atoms with Crippen molar-refractivity contribution in [1.29, 1.82) is 0 Å². The monoisotopic (exact) mass is 764 g/mol. The van der Waals surface area contributed by atoms with Crippen molar-refractivity contribution in [3.05, 3.63) is 47.3 Å². The van der Waals surface area contributed by atoms with Gasteiger partial charge in [-0.15, -0.1) is 5.10 Å². The Morgan fingerprint density at radius 2 is 1.63 bits per heavy atom. The average Bonchev–Trinajstić information content (AvgIpc) is 3.96. The summed E-state index contributed by atoms with van der Waals surface area (Å²) in [5, 5.41) is 25.0. The average molecular weight is 765 g/mol. The molecule has 5 amide bonds. The van der Waals surface area contributed by atoms with Crippen LogP contribution in [0.1, 0.15) is 117 Å². The zero-order valence-corrected chi connectivity index (χ0v) is 31.9. The third-order valence-corrected chi connectivity index (χ3v) is 12.4. The first-order chi connectivity index (χ1) is 25.8. The Hall–Kier alpha value is -4.31. The standard InChI is InChI=1S/C38H52N8O7S/c1-37(2,53)30-22-40-43-46(30)27-21-29(34(50)42-38(31(47)32(39)48)14-18-54-19-15-38)45(23-27)36(52)28(20-24-8-4-3-5-9-24)41-33(49)25-10-12-26(13-11-25)35(51)44-16-6-7-17-44/h10-13,22,24,27-29,53H,3-9,14-21,23H2,1-2H3,(H2,39,48)(H,41,49)(H,42,50)/t27?,28-,29?/m1/s1. The van der Waals surface area contributed by atoms with Crippen LogP contribution < -0.4 is 16.4 Å². The van der Waals surface area contributed by atoms with Crippen LogP contribution in [-0.4, -0.2) is 114 Å². The summed E-state index contributed by atoms with van der Waals surface area (Å²) in [6.45, 7) is 4.62. The lowest BCUT2D eigenvalue weighted by atomic mass is 9.84. The molecule has 0 bridgehead atoms. The highest BCUT2D eigenvalue weighted by atomic mass is 32.2. The number of ketones is 1. The van der Waals surface area contributed by atoms with E-state index in [1.165, 1.54) is 15.8 Å². The van der Waals surface area contributed by atoms with E-state index in [0.29, 0.717) is 47.8 Å². The van der Waals surface area contributed by atoms with Gasteiger partial charge in [0.1, 0.15) is 23.2 Å². The number of rotatable bonds is 12. The highest BCUT2D eigenvalue weighted by Gasteiger charge is 2.49. The van der Waals surface area contributed by atoms with Crippen molar-refractivity contribution in [1.82, 2.24) is 35.4 Å². The van der Waals surface area contributed by atoms with Crippen molar-refractivity contribution >= 4 is 47.1 Å². The number of aromatic nitrogens is 3. The fourth-order valence-corrected chi connectivity index (χ4v) is 9.59. The van der Waals surface area contributed by atoms with E-state index in [0.717, 1.165) is 44.9 Å². The molecule has 292 valence electrons. The zero-order valence-electron chi connectivity index (χ0n) is 31.1. The number of nitrogens with one attached hydrogen (secondary N) is 2. The van der Waals surface area contributed by atoms with Gasteiger partial charge in [-0.05, 0) is 87.6 Å². The molecule has 4 heterocycles. The van der Waals surface area contributed by atoms with E-state index in [1.54, 1.807) is 54.8 Å². The molecule has 16 heteroatoms. The third-order valence-electron chi connectivity index (χ3n) is 11.5. The highest BCUT2D eigenvalue weighted by Crippen LogP contribution is 2.35. The third kappa shape index (κ3) is 8.64. The molecule has 5 N–H and O–H groups in total. The van der Waals surface area contributed by atoms with Crippen LogP contribution in [0, 0.1) is 5.92 Å². The minimum Gasteiger partial charge on any atom is -0.384 e. The summed E-state index contributed by atoms with van der Waals surface area (Å²) in [6, 6.07) is 3.76. The van der Waals surface area contributed by atoms with E-state index >= 15 is 0 Å². The number of hydrogen-bond acceptors (Lipinski definition) is 10. The van der Waals surface area contributed by atoms with Crippen LogP contribution in [0.3, 0.4) is 0 Å². The molecule has 3 atom stereocenters. The van der Waals surface area contributed by atoms with Gasteiger partial charge in [0.05, 0.1) is 17.9 Å². The number of benzene rings is 1. The number of likely N-dealkylation sites (tertiary alicyclic amines) is 2. The van der Waals surface area contributed by atoms with Gasteiger partial charge in [0, 0.05) is 37.2 Å². The molecule has 2 unspecified atom stereocenters. The minimum atomic E-state index is -1.50. The molecule has 1 aromatic heterocycles. The van der Waals surface area contributed by atoms with Crippen LogP contribution in [0.4, 0.5) is 0 Å². The predicted octanol–water partition coefficient (Wildman–Crippen LogP) is 2.09. The van der Waals surface area contributed by atoms with Crippen molar-refractivity contribution in [2.45, 2.75) is 114 Å². The molecule has 4 fully saturated rings. The van der Waals surface area contributed by atoms with Crippen molar-refractivity contribution in [3.8, 4) is 0 Å². The number of nitrogens with two attached hydrogens (primary N) is 1. The number of carbonyl (C=O) groups is 6. The second kappa shape index (κ2) is 16.6. The highest BCUT2D eigenvalue weighted by molar-refractivity contribution is 7.99. The molecule has 1 aromatic carbocycles. The molecule has 1 aliphatic carbocycles. The first kappa shape index (κ1) is 39.4. The number of primary amides is 1. The molecule has 54 heavy (non-hydrogen) atoms. The maximum absolute atomic E-state index is 14.8. The number of thioether (sulfide) groups is 1. The van der Waals surface area contributed by atoms with Crippen LogP contribution in [0.5, 0.6) is 0 Å². The van der Waals surface area contributed by atoms with Crippen molar-refractivity contribution < 1.29 is 33.9 Å². The van der Waals surface area contributed by atoms with E-state index in [9.17, 15) is 33.9 Å². The van der Waals surface area contributed by atoms with Crippen LogP contribution in [0.25, 0.3) is 0 Å². The molecule has 6 rings (SSSR count). The largest absolute Gasteiger partial charge is 0.384 e. The van der Waals surface area contributed by atoms with Crippen LogP contribution in [0.2, 0.25) is 0 Å². The predicted molar refractivity (Wildman–Crippen MR) is 200 cm³/mol. The SMILES string of the molecule is CC(C)(O)c1cnnn1C1CC(C(=O)NC2(C(=O)C(N)=O)CCSCC2)N(C(=O)[C@@H](CC2CCCCC2)NC(=O)c2ccc(C(=O)N3CCCC3)cc2)C1. The summed E-state index contributed by atoms with van der Waals surface area (Å²) in [4.78, 5) is 84.6. The molecule has 1 saturated carbocycles. The molecule has 2 aromatic rings. The Morgan fingerprint density at radius 3 is 2.26 bits per heavy atom. The summed E-state index contributed by atoms with van der Waals surface area (Å²) in [5.41, 5.74) is 3.81. The normalized spacial score (nSPS) is 22.4. The molecule has 15 nitrogen and oxygen atoms in total. The number of hydrogen-bond donors (Lipinski definition) is 4. The van der Waals surface area contributed by atoms with Gasteiger partial charge in [-0.25, -0.2) is 4.68 Å². The Kier molecular flexibility index (Phi) is 12.1. The smallest absolute Gasteiger partial charge is 0.287 e. The van der Waals surface area contributed by atoms with Gasteiger partial charge >= 0.3 is 0 Å². The van der Waals surface area contributed by atoms with Crippen molar-refractivity contribution in [2.24, 2.45) is 11.7 Å². The van der Waals surface area contributed by atoms with E-state index in [4.69, 9.17) is 5.73 Å². The lowest BCUT2D eigenvalue weighted by Crippen LogP contribution is -2.63. The number of amides is 5. The maximum Gasteiger partial charge on any atom is 0.287 e. The lowest BCUT2D eigenvalue weighted by molar-refractivity contribution is -0.145. The molecule has 0 radical (unpaired) electrons. The van der Waals surface area contributed by atoms with Crippen molar-refractivity contribution in [3.63, 3.8) is 0 Å². The number of aliphatic hydroxyl groups is 1. The molecule has 3 saturated heterocycles. The molecular formula is C38H52N8O7S. The summed E-state index contributed by atoms with van der Waals surface area (Å²) in [5.74, 6) is -2.41. The van der Waals surface area contributed by atoms with Gasteiger partial charge in [-0.3, -0.25) is 28.8 Å². The summed E-state index contributed by atoms with van der Waals surface area (Å²) < 4.78 is 1.52. The van der Waals surface area contributed by atoms with Gasteiger partial charge < -0.3 is 31.3 Å². The number of nitrogens with zero attached hydrogens (tertiary/aromatic N) is 5. The van der Waals surface area contributed by atoms with E-state index in [-0.39, 0.29) is 37.6 Å². The van der Waals surface area contributed by atoms with E-state index < -0.39 is 58.7 Å². The Balaban J connectivity index is 1.29. The van der Waals surface area contributed by atoms with Crippen LogP contribution in [-0.2, 0) is 24.8 Å². The number of carbonyl (C=O) groups excluding carboxylic acids is 6. The quantitative estimate of drug-likeness (QED) is 0.231. The van der Waals surface area contributed by atoms with Crippen LogP contribution in [0.15, 0.2) is 30.5 Å². The van der Waals surface area contributed by atoms with Gasteiger partial charge in [0.2, 0.25) is 17.6 Å². The Morgan fingerprint density at radius 1 is 0.981 bits per heavy atom. The van der Waals surface area contributed by atoms with E-state index in [1.807, 2.05) is 0 Å². The maximum atomic E-state index is 14.8. The van der Waals surface area contributed by atoms with Gasteiger partial charge in [-0.2, -0.15) is 11.8 Å². The first-order valence-electron chi connectivity index (χ1n) is 19.1. The Bertz CT molecular complexity index is 1720. The van der Waals surface area contributed by atoms with Gasteiger partial charge in [0.15, 0.2) is 0 Å². The summed E-state index contributed by atoms with van der Waals surface area (Å²) in [6.07, 6.45) is 9.19. The van der Waals surface area contributed by atoms with Gasteiger partial charge in [-0.1, -0.05) is 37.3 Å². The second-order valence-electron chi connectivity index (χ2n) is 15.7. The first-order valence-corrected chi connectivity index (χ1v) is 20.3. The topological polar surface area (TPSA) is 210 Å². The van der Waals surface area contributed by atoms with Crippen LogP contribution >= 0.6 is 11.8 Å². The second-order valence-corrected chi connectivity index (χ2v) is 17.0. The van der Waals surface area contributed by atoms with Gasteiger partial charge in [0.25, 0.3) is 17.7 Å². The number of Topliss-reactive ketones (excluding diaryl/α,β-unsaturated/α-hetero) is 1. The zero-order chi connectivity index (χ0) is 38.6. The molecule has 0 spiro atoms. The molecular weight excluding hydrogens is 713 g/mol. The minimum absolute atomic E-state index is 0.0142. The summed E-state index contributed by atoms with van der Waals surface area (Å²) in [7, 11) is 0.